The van der Waals surface area contributed by atoms with Crippen molar-refractivity contribution in [1.29, 1.82) is 0 Å². The minimum Gasteiger partial charge on any atom is -0.323 e. The third-order valence-corrected chi connectivity index (χ3v) is 4.93. The van der Waals surface area contributed by atoms with E-state index in [-0.39, 0.29) is 10.9 Å². The minimum atomic E-state index is -3.77. The first-order chi connectivity index (χ1) is 9.38. The lowest BCUT2D eigenvalue weighted by molar-refractivity contribution is 0.217. The van der Waals surface area contributed by atoms with E-state index in [2.05, 4.69) is 5.32 Å². The van der Waals surface area contributed by atoms with Crippen molar-refractivity contribution in [3.05, 3.63) is 23.8 Å². The molecule has 1 saturated heterocycles. The molecule has 0 unspecified atom stereocenters. The normalized spacial score (nSPS) is 16.0. The fraction of sp³-hybridized carbons (Fsp3) is 0.417. The van der Waals surface area contributed by atoms with Crippen LogP contribution in [0.5, 0.6) is 0 Å². The summed E-state index contributed by atoms with van der Waals surface area (Å²) in [5.74, 6) is 1.84. The number of primary sulfonamides is 1. The molecule has 1 fully saturated rings. The third kappa shape index (κ3) is 3.65. The van der Waals surface area contributed by atoms with E-state index in [4.69, 9.17) is 5.14 Å². The van der Waals surface area contributed by atoms with E-state index in [1.807, 2.05) is 11.8 Å². The number of aryl methyl sites for hydroxylation is 1. The second kappa shape index (κ2) is 6.02. The molecule has 1 aliphatic rings. The van der Waals surface area contributed by atoms with Gasteiger partial charge in [0.05, 0.1) is 4.90 Å². The number of amides is 2. The number of nitrogens with one attached hydrogen (secondary N) is 1. The molecule has 110 valence electrons. The highest BCUT2D eigenvalue weighted by Gasteiger charge is 2.18. The molecule has 0 radical (unpaired) electrons. The Kier molecular flexibility index (Phi) is 4.56. The van der Waals surface area contributed by atoms with Gasteiger partial charge in [-0.25, -0.2) is 18.4 Å². The number of benzene rings is 1. The predicted molar refractivity (Wildman–Crippen MR) is 80.5 cm³/mol. The Hall–Kier alpha value is -1.25. The summed E-state index contributed by atoms with van der Waals surface area (Å²) in [6.45, 7) is 3.20. The number of hydrogen-bond acceptors (Lipinski definition) is 4. The van der Waals surface area contributed by atoms with Gasteiger partial charge in [0.1, 0.15) is 0 Å². The van der Waals surface area contributed by atoms with Crippen molar-refractivity contribution in [3.63, 3.8) is 0 Å². The molecule has 0 atom stereocenters. The van der Waals surface area contributed by atoms with Crippen LogP contribution in [0.15, 0.2) is 23.1 Å². The lowest BCUT2D eigenvalue weighted by Crippen LogP contribution is -2.40. The Morgan fingerprint density at radius 3 is 2.60 bits per heavy atom. The van der Waals surface area contributed by atoms with Gasteiger partial charge >= 0.3 is 6.03 Å². The quantitative estimate of drug-likeness (QED) is 0.858. The molecular weight excluding hydrogens is 298 g/mol. The number of hydrogen-bond donors (Lipinski definition) is 2. The first kappa shape index (κ1) is 15.1. The molecule has 2 amide bonds. The molecule has 0 saturated carbocycles. The van der Waals surface area contributed by atoms with Gasteiger partial charge in [0.25, 0.3) is 0 Å². The van der Waals surface area contributed by atoms with Crippen molar-refractivity contribution < 1.29 is 13.2 Å². The first-order valence-electron chi connectivity index (χ1n) is 6.15. The molecule has 8 heteroatoms. The summed E-state index contributed by atoms with van der Waals surface area (Å²) in [7, 11) is -3.77. The van der Waals surface area contributed by atoms with Crippen molar-refractivity contribution in [2.24, 2.45) is 5.14 Å². The Balaban J connectivity index is 2.18. The van der Waals surface area contributed by atoms with Gasteiger partial charge in [-0.3, -0.25) is 0 Å². The highest BCUT2D eigenvalue weighted by atomic mass is 32.2. The molecule has 1 heterocycles. The zero-order valence-corrected chi connectivity index (χ0v) is 12.8. The molecule has 6 nitrogen and oxygen atoms in total. The second-order valence-electron chi connectivity index (χ2n) is 4.55. The minimum absolute atomic E-state index is 0.00685. The number of rotatable bonds is 2. The van der Waals surface area contributed by atoms with Crippen molar-refractivity contribution in [3.8, 4) is 0 Å². The number of nitrogens with zero attached hydrogens (tertiary/aromatic N) is 1. The van der Waals surface area contributed by atoms with Gasteiger partial charge in [-0.1, -0.05) is 6.07 Å². The number of urea groups is 1. The number of carbonyl (C=O) groups excluding carboxylic acids is 1. The van der Waals surface area contributed by atoms with Gasteiger partial charge in [-0.05, 0) is 24.6 Å². The summed E-state index contributed by atoms with van der Waals surface area (Å²) in [5.41, 5.74) is 1.26. The number of sulfonamides is 1. The summed E-state index contributed by atoms with van der Waals surface area (Å²) in [5, 5.41) is 7.85. The van der Waals surface area contributed by atoms with Gasteiger partial charge in [-0.2, -0.15) is 11.8 Å². The Bertz CT molecular complexity index is 610. The second-order valence-corrected chi connectivity index (χ2v) is 7.34. The molecule has 0 aromatic heterocycles. The van der Waals surface area contributed by atoms with E-state index in [0.29, 0.717) is 18.8 Å². The predicted octanol–water partition coefficient (Wildman–Crippen LogP) is 1.22. The number of carbonyl (C=O) groups is 1. The average molecular weight is 315 g/mol. The highest BCUT2D eigenvalue weighted by Crippen LogP contribution is 2.20. The average Bonchev–Trinajstić information content (AvgIpc) is 2.41. The van der Waals surface area contributed by atoms with Crippen molar-refractivity contribution in [1.82, 2.24) is 4.90 Å². The maximum Gasteiger partial charge on any atom is 0.321 e. The topological polar surface area (TPSA) is 92.5 Å². The van der Waals surface area contributed by atoms with Gasteiger partial charge in [0, 0.05) is 30.3 Å². The summed E-state index contributed by atoms with van der Waals surface area (Å²) >= 11 is 1.81. The van der Waals surface area contributed by atoms with Crippen LogP contribution in [0.3, 0.4) is 0 Å². The van der Waals surface area contributed by atoms with E-state index >= 15 is 0 Å². The Morgan fingerprint density at radius 1 is 1.35 bits per heavy atom. The summed E-state index contributed by atoms with van der Waals surface area (Å²) in [4.78, 5) is 13.8. The van der Waals surface area contributed by atoms with Crippen LogP contribution in [0.2, 0.25) is 0 Å². The van der Waals surface area contributed by atoms with Crippen LogP contribution in [0.1, 0.15) is 5.56 Å². The molecule has 3 N–H and O–H groups in total. The largest absolute Gasteiger partial charge is 0.323 e. The van der Waals surface area contributed by atoms with Crippen LogP contribution >= 0.6 is 11.8 Å². The van der Waals surface area contributed by atoms with Crippen LogP contribution in [0, 0.1) is 6.92 Å². The van der Waals surface area contributed by atoms with Gasteiger partial charge in [-0.15, -0.1) is 0 Å². The highest BCUT2D eigenvalue weighted by molar-refractivity contribution is 7.99. The lowest BCUT2D eigenvalue weighted by Gasteiger charge is -2.26. The summed E-state index contributed by atoms with van der Waals surface area (Å²) < 4.78 is 22.7. The SMILES string of the molecule is Cc1ccc(S(N)(=O)=O)cc1NC(=O)N1CCSCC1. The maximum atomic E-state index is 12.1. The number of nitrogens with two attached hydrogens (primary N) is 1. The lowest BCUT2D eigenvalue weighted by atomic mass is 10.2. The zero-order chi connectivity index (χ0) is 14.8. The molecular formula is C12H17N3O3S2. The molecule has 0 aliphatic carbocycles. The first-order valence-corrected chi connectivity index (χ1v) is 8.85. The van der Waals surface area contributed by atoms with Crippen LogP contribution in [0.4, 0.5) is 10.5 Å². The summed E-state index contributed by atoms with van der Waals surface area (Å²) in [6, 6.07) is 4.24. The summed E-state index contributed by atoms with van der Waals surface area (Å²) in [6.07, 6.45) is 0. The van der Waals surface area contributed by atoms with Gasteiger partial charge < -0.3 is 10.2 Å². The third-order valence-electron chi connectivity index (χ3n) is 3.08. The van der Waals surface area contributed by atoms with Gasteiger partial charge in [0.15, 0.2) is 0 Å². The van der Waals surface area contributed by atoms with Crippen LogP contribution in [-0.2, 0) is 10.0 Å². The fourth-order valence-electron chi connectivity index (χ4n) is 1.87. The van der Waals surface area contributed by atoms with Crippen molar-refractivity contribution in [2.75, 3.05) is 29.9 Å². The van der Waals surface area contributed by atoms with E-state index in [0.717, 1.165) is 17.1 Å². The molecule has 1 aromatic rings. The number of thioether (sulfide) groups is 1. The van der Waals surface area contributed by atoms with E-state index < -0.39 is 10.0 Å². The molecule has 2 rings (SSSR count). The smallest absolute Gasteiger partial charge is 0.321 e. The van der Waals surface area contributed by atoms with Crippen molar-refractivity contribution >= 4 is 33.5 Å². The van der Waals surface area contributed by atoms with Crippen LogP contribution in [-0.4, -0.2) is 43.9 Å². The van der Waals surface area contributed by atoms with E-state index in [9.17, 15) is 13.2 Å². The van der Waals surface area contributed by atoms with Crippen molar-refractivity contribution in [2.45, 2.75) is 11.8 Å². The molecule has 0 spiro atoms. The zero-order valence-electron chi connectivity index (χ0n) is 11.1. The standard InChI is InChI=1S/C12H17N3O3S2/c1-9-2-3-10(20(13,17)18)8-11(9)14-12(16)15-4-6-19-7-5-15/h2-3,8H,4-7H2,1H3,(H,14,16)(H2,13,17,18). The maximum absolute atomic E-state index is 12.1. The van der Waals surface area contributed by atoms with Gasteiger partial charge in [0.2, 0.25) is 10.0 Å². The Labute approximate surface area is 122 Å². The molecule has 1 aliphatic heterocycles. The number of anilines is 1. The fourth-order valence-corrected chi connectivity index (χ4v) is 3.32. The van der Waals surface area contributed by atoms with E-state index in [1.165, 1.54) is 12.1 Å². The van der Waals surface area contributed by atoms with Crippen LogP contribution < -0.4 is 10.5 Å². The van der Waals surface area contributed by atoms with Crippen LogP contribution in [0.25, 0.3) is 0 Å². The molecule has 1 aromatic carbocycles. The molecule has 0 bridgehead atoms. The molecule has 20 heavy (non-hydrogen) atoms. The monoisotopic (exact) mass is 315 g/mol. The Morgan fingerprint density at radius 2 is 2.00 bits per heavy atom. The van der Waals surface area contributed by atoms with E-state index in [1.54, 1.807) is 17.9 Å².